The Hall–Kier alpha value is -2.94. The number of thioether (sulfide) groups is 1. The Bertz CT molecular complexity index is 1680. The summed E-state index contributed by atoms with van der Waals surface area (Å²) in [6, 6.07) is 26.4. The van der Waals surface area contributed by atoms with Crippen LogP contribution in [0.4, 0.5) is 5.69 Å². The number of nitrogens with one attached hydrogen (secondary N) is 1. The molecule has 4 aliphatic rings. The maximum absolute atomic E-state index is 13.9. The van der Waals surface area contributed by atoms with Gasteiger partial charge in [0.1, 0.15) is 0 Å². The first kappa shape index (κ1) is 23.9. The summed E-state index contributed by atoms with van der Waals surface area (Å²) in [5.74, 6) is -0.246. The Kier molecular flexibility index (Phi) is 5.38. The second-order valence-corrected chi connectivity index (χ2v) is 14.1. The molecule has 194 valence electrons. The average molecular weight is 616 g/mol. The molecule has 2 aliphatic heterocycles. The normalized spacial score (nSPS) is 30.4. The topological polar surface area (TPSA) is 70.2 Å². The summed E-state index contributed by atoms with van der Waals surface area (Å²) in [5, 5.41) is 1.13. The molecular weight excluding hydrogens is 592 g/mol. The van der Waals surface area contributed by atoms with Crippen molar-refractivity contribution in [2.24, 2.45) is 29.6 Å². The molecule has 2 aliphatic carbocycles. The molecule has 0 radical (unpaired) electrons. The van der Waals surface area contributed by atoms with Gasteiger partial charge in [0.15, 0.2) is 0 Å². The van der Waals surface area contributed by atoms with E-state index in [0.717, 1.165) is 26.4 Å². The van der Waals surface area contributed by atoms with Gasteiger partial charge in [0.2, 0.25) is 11.8 Å². The lowest BCUT2D eigenvalue weighted by atomic mass is 9.68. The number of imide groups is 1. The first-order chi connectivity index (χ1) is 19.0. The van der Waals surface area contributed by atoms with Crippen molar-refractivity contribution in [3.05, 3.63) is 103 Å². The predicted octanol–water partition coefficient (Wildman–Crippen LogP) is 6.54. The minimum atomic E-state index is -0.295. The molecule has 3 heterocycles. The first-order valence-electron chi connectivity index (χ1n) is 13.2. The highest BCUT2D eigenvalue weighted by Crippen LogP contribution is 2.68. The number of aromatic amines is 1. The van der Waals surface area contributed by atoms with E-state index in [-0.39, 0.29) is 57.4 Å². The maximum Gasteiger partial charge on any atom is 0.305 e. The van der Waals surface area contributed by atoms with Crippen molar-refractivity contribution in [2.75, 3.05) is 4.90 Å². The van der Waals surface area contributed by atoms with E-state index in [9.17, 15) is 14.4 Å². The molecular formula is C31H23BrN2O3S2. The minimum absolute atomic E-state index is 0.0283. The molecule has 1 aromatic heterocycles. The average Bonchev–Trinajstić information content (AvgIpc) is 3.69. The van der Waals surface area contributed by atoms with Crippen LogP contribution in [0.1, 0.15) is 22.8 Å². The van der Waals surface area contributed by atoms with E-state index >= 15 is 0 Å². The smallest absolute Gasteiger partial charge is 0.305 e. The Morgan fingerprint density at radius 1 is 0.795 bits per heavy atom. The number of aromatic nitrogens is 1. The van der Waals surface area contributed by atoms with Crippen LogP contribution in [0.15, 0.2) is 93.2 Å². The summed E-state index contributed by atoms with van der Waals surface area (Å²) in [7, 11) is 0. The third-order valence-electron chi connectivity index (χ3n) is 9.19. The third kappa shape index (κ3) is 3.47. The van der Waals surface area contributed by atoms with Crippen molar-refractivity contribution in [3.8, 4) is 11.1 Å². The molecule has 1 saturated heterocycles. The van der Waals surface area contributed by atoms with Crippen LogP contribution in [0.3, 0.4) is 0 Å². The van der Waals surface area contributed by atoms with Gasteiger partial charge in [-0.3, -0.25) is 19.3 Å². The van der Waals surface area contributed by atoms with E-state index in [1.807, 2.05) is 42.5 Å². The van der Waals surface area contributed by atoms with Gasteiger partial charge in [0, 0.05) is 20.5 Å². The zero-order valence-corrected chi connectivity index (χ0v) is 23.8. The lowest BCUT2D eigenvalue weighted by molar-refractivity contribution is -0.123. The predicted molar refractivity (Wildman–Crippen MR) is 157 cm³/mol. The summed E-state index contributed by atoms with van der Waals surface area (Å²) in [5.41, 5.74) is 4.14. The quantitative estimate of drug-likeness (QED) is 0.266. The van der Waals surface area contributed by atoms with E-state index in [0.29, 0.717) is 5.69 Å². The molecule has 6 unspecified atom stereocenters. The number of benzene rings is 3. The van der Waals surface area contributed by atoms with Gasteiger partial charge < -0.3 is 4.98 Å². The van der Waals surface area contributed by atoms with Crippen LogP contribution >= 0.6 is 39.0 Å². The zero-order chi connectivity index (χ0) is 26.4. The Morgan fingerprint density at radius 2 is 1.46 bits per heavy atom. The second-order valence-electron chi connectivity index (χ2n) is 10.9. The van der Waals surface area contributed by atoms with Crippen LogP contribution in [0.25, 0.3) is 11.1 Å². The van der Waals surface area contributed by atoms with Crippen molar-refractivity contribution in [1.29, 1.82) is 0 Å². The summed E-state index contributed by atoms with van der Waals surface area (Å²) in [4.78, 5) is 45.7. The molecule has 7 atom stereocenters. The number of H-pyrrole nitrogens is 1. The third-order valence-corrected chi connectivity index (χ3v) is 12.3. The van der Waals surface area contributed by atoms with Gasteiger partial charge in [-0.1, -0.05) is 81.9 Å². The largest absolute Gasteiger partial charge is 0.307 e. The lowest BCUT2D eigenvalue weighted by Gasteiger charge is -2.43. The SMILES string of the molecule is O=C1C2C3CC(C2C(=O)N1c1ccc(Br)cc1)C1C3Sc2[nH]c(=O)sc2[C@@H]1c1ccc(-c2ccccc2)cc1. The standard InChI is InChI=1S/C31H23BrN2O3S2/c32-18-10-12-19(13-11-18)34-29(35)24-20-14-21(25(24)30(34)36)26-23(20)22(27-28(38-26)33-31(37)39-27)17-8-6-16(7-9-17)15-4-2-1-3-5-15/h1-13,20-26H,14H2,(H,33,37)/t20?,21?,22-,23?,24?,25?,26?/m1/s1. The van der Waals surface area contributed by atoms with Crippen molar-refractivity contribution in [3.63, 3.8) is 0 Å². The number of carbonyl (C=O) groups excluding carboxylic acids is 2. The fourth-order valence-corrected chi connectivity index (χ4v) is 10.9. The molecule has 1 N–H and O–H groups in total. The van der Waals surface area contributed by atoms with Crippen LogP contribution in [-0.2, 0) is 9.59 Å². The van der Waals surface area contributed by atoms with Gasteiger partial charge in [-0.15, -0.1) is 11.8 Å². The Balaban J connectivity index is 1.19. The highest BCUT2D eigenvalue weighted by molar-refractivity contribution is 9.10. The number of anilines is 1. The Morgan fingerprint density at radius 3 is 2.18 bits per heavy atom. The van der Waals surface area contributed by atoms with E-state index in [1.54, 1.807) is 11.8 Å². The number of halogens is 1. The van der Waals surface area contributed by atoms with Crippen molar-refractivity contribution in [1.82, 2.24) is 4.98 Å². The molecule has 8 rings (SSSR count). The van der Waals surface area contributed by atoms with Gasteiger partial charge in [-0.05, 0) is 65.1 Å². The summed E-state index contributed by atoms with van der Waals surface area (Å²) in [6.07, 6.45) is 0.890. The summed E-state index contributed by atoms with van der Waals surface area (Å²) >= 11 is 6.47. The van der Waals surface area contributed by atoms with E-state index in [4.69, 9.17) is 0 Å². The highest BCUT2D eigenvalue weighted by Gasteiger charge is 2.69. The van der Waals surface area contributed by atoms with Gasteiger partial charge in [0.05, 0.1) is 22.5 Å². The fraction of sp³-hybridized carbons (Fsp3) is 0.258. The number of hydrogen-bond acceptors (Lipinski definition) is 5. The second kappa shape index (κ2) is 8.78. The lowest BCUT2D eigenvalue weighted by Crippen LogP contribution is -2.42. The molecule has 4 aromatic rings. The van der Waals surface area contributed by atoms with Crippen LogP contribution in [-0.4, -0.2) is 22.0 Å². The van der Waals surface area contributed by atoms with Crippen LogP contribution in [0.2, 0.25) is 0 Å². The van der Waals surface area contributed by atoms with Gasteiger partial charge in [-0.2, -0.15) is 0 Å². The first-order valence-corrected chi connectivity index (χ1v) is 15.7. The molecule has 3 fully saturated rings. The number of amides is 2. The molecule has 2 amide bonds. The molecule has 2 bridgehead atoms. The molecule has 0 spiro atoms. The molecule has 3 aromatic carbocycles. The number of nitrogens with zero attached hydrogens (tertiary/aromatic N) is 1. The van der Waals surface area contributed by atoms with E-state index in [1.165, 1.54) is 27.4 Å². The van der Waals surface area contributed by atoms with Gasteiger partial charge >= 0.3 is 4.87 Å². The van der Waals surface area contributed by atoms with E-state index < -0.39 is 0 Å². The number of rotatable bonds is 3. The maximum atomic E-state index is 13.9. The van der Waals surface area contributed by atoms with Crippen LogP contribution in [0, 0.1) is 29.6 Å². The van der Waals surface area contributed by atoms with Crippen LogP contribution in [0.5, 0.6) is 0 Å². The van der Waals surface area contributed by atoms with Gasteiger partial charge in [0.25, 0.3) is 0 Å². The Labute approximate surface area is 241 Å². The monoisotopic (exact) mass is 614 g/mol. The fourth-order valence-electron chi connectivity index (χ4n) is 7.75. The number of fused-ring (bicyclic) bond motifs is 9. The number of thiazole rings is 1. The molecule has 5 nitrogen and oxygen atoms in total. The summed E-state index contributed by atoms with van der Waals surface area (Å²) in [6.45, 7) is 0. The highest BCUT2D eigenvalue weighted by atomic mass is 79.9. The van der Waals surface area contributed by atoms with Gasteiger partial charge in [-0.25, -0.2) is 0 Å². The van der Waals surface area contributed by atoms with Crippen LogP contribution < -0.4 is 9.77 Å². The molecule has 39 heavy (non-hydrogen) atoms. The molecule has 8 heteroatoms. The zero-order valence-electron chi connectivity index (χ0n) is 20.6. The number of carbonyl (C=O) groups is 2. The summed E-state index contributed by atoms with van der Waals surface area (Å²) < 4.78 is 0.911. The van der Waals surface area contributed by atoms with E-state index in [2.05, 4.69) is 57.3 Å². The van der Waals surface area contributed by atoms with Crippen molar-refractivity contribution >= 4 is 56.5 Å². The number of hydrogen-bond donors (Lipinski definition) is 1. The van der Waals surface area contributed by atoms with Crippen molar-refractivity contribution in [2.45, 2.75) is 22.6 Å². The molecule has 2 saturated carbocycles. The van der Waals surface area contributed by atoms with Crippen molar-refractivity contribution < 1.29 is 9.59 Å². The minimum Gasteiger partial charge on any atom is -0.307 e.